The van der Waals surface area contributed by atoms with Crippen LogP contribution in [-0.2, 0) is 6.54 Å². The third-order valence-electron chi connectivity index (χ3n) is 2.66. The minimum Gasteiger partial charge on any atom is -0.358 e. The molecule has 0 unspecified atom stereocenters. The molecule has 3 N–H and O–H groups in total. The monoisotopic (exact) mass is 312 g/mol. The average Bonchev–Trinajstić information content (AvgIpc) is 2.79. The molecule has 110 valence electrons. The molecule has 0 atom stereocenters. The van der Waals surface area contributed by atoms with Crippen molar-refractivity contribution in [1.29, 1.82) is 0 Å². The fourth-order valence-electron chi connectivity index (χ4n) is 1.73. The maximum Gasteiger partial charge on any atom is 0.408 e. The predicted octanol–water partition coefficient (Wildman–Crippen LogP) is 1.69. The molecule has 0 bridgehead atoms. The highest BCUT2D eigenvalue weighted by Crippen LogP contribution is 2.25. The lowest BCUT2D eigenvalue weighted by Gasteiger charge is -2.07. The zero-order valence-electron chi connectivity index (χ0n) is 10.4. The van der Waals surface area contributed by atoms with E-state index in [4.69, 9.17) is 17.4 Å². The Bertz CT molecular complexity index is 716. The molecule has 0 aliphatic rings. The van der Waals surface area contributed by atoms with E-state index >= 15 is 0 Å². The summed E-state index contributed by atoms with van der Waals surface area (Å²) in [6.07, 6.45) is 1.26. The van der Waals surface area contributed by atoms with Gasteiger partial charge in [-0.3, -0.25) is 16.0 Å². The molecule has 21 heavy (non-hydrogen) atoms. The lowest BCUT2D eigenvalue weighted by molar-refractivity contribution is -0.389. The van der Waals surface area contributed by atoms with Crippen LogP contribution in [0.5, 0.6) is 0 Å². The van der Waals surface area contributed by atoms with Crippen molar-refractivity contribution >= 4 is 28.8 Å². The first-order chi connectivity index (χ1) is 9.92. The van der Waals surface area contributed by atoms with E-state index in [9.17, 15) is 20.2 Å². The van der Waals surface area contributed by atoms with Gasteiger partial charge in [0.1, 0.15) is 0 Å². The Morgan fingerprint density at radius 1 is 1.33 bits per heavy atom. The van der Waals surface area contributed by atoms with Crippen molar-refractivity contribution in [2.24, 2.45) is 5.84 Å². The average molecular weight is 313 g/mol. The second-order valence-electron chi connectivity index (χ2n) is 4.00. The van der Waals surface area contributed by atoms with Crippen LogP contribution in [0.3, 0.4) is 0 Å². The maximum absolute atomic E-state index is 10.8. The van der Waals surface area contributed by atoms with E-state index < -0.39 is 15.7 Å². The SMILES string of the molecule is NNc1ccc([N+](=O)[O-])cc1Cn1cc(Cl)c([N+](=O)[O-])n1. The van der Waals surface area contributed by atoms with Gasteiger partial charge in [-0.25, -0.2) is 0 Å². The van der Waals surface area contributed by atoms with Gasteiger partial charge in [-0.15, -0.1) is 0 Å². The summed E-state index contributed by atoms with van der Waals surface area (Å²) < 4.78 is 1.21. The smallest absolute Gasteiger partial charge is 0.358 e. The van der Waals surface area contributed by atoms with Crippen molar-refractivity contribution in [3.63, 3.8) is 0 Å². The van der Waals surface area contributed by atoms with Crippen molar-refractivity contribution in [1.82, 2.24) is 9.78 Å². The molecule has 0 saturated heterocycles. The van der Waals surface area contributed by atoms with Gasteiger partial charge in [0.05, 0.1) is 28.5 Å². The minimum atomic E-state index is -0.714. The van der Waals surface area contributed by atoms with E-state index in [0.29, 0.717) is 11.3 Å². The number of anilines is 1. The zero-order chi connectivity index (χ0) is 15.6. The molecule has 0 saturated carbocycles. The predicted molar refractivity (Wildman–Crippen MR) is 73.9 cm³/mol. The van der Waals surface area contributed by atoms with Gasteiger partial charge in [-0.1, -0.05) is 11.6 Å². The van der Waals surface area contributed by atoms with Gasteiger partial charge in [-0.2, -0.15) is 4.68 Å². The number of hydrazine groups is 1. The number of hydrogen-bond acceptors (Lipinski definition) is 7. The van der Waals surface area contributed by atoms with Crippen LogP contribution < -0.4 is 11.3 Å². The summed E-state index contributed by atoms with van der Waals surface area (Å²) in [5, 5.41) is 25.0. The Morgan fingerprint density at radius 3 is 2.57 bits per heavy atom. The summed E-state index contributed by atoms with van der Waals surface area (Å²) in [4.78, 5) is 20.2. The molecule has 0 radical (unpaired) electrons. The van der Waals surface area contributed by atoms with E-state index in [-0.39, 0.29) is 17.3 Å². The van der Waals surface area contributed by atoms with Gasteiger partial charge >= 0.3 is 5.82 Å². The number of nitrogen functional groups attached to an aromatic ring is 1. The van der Waals surface area contributed by atoms with E-state index in [1.807, 2.05) is 0 Å². The second-order valence-corrected chi connectivity index (χ2v) is 4.41. The Balaban J connectivity index is 2.38. The highest BCUT2D eigenvalue weighted by Gasteiger charge is 2.20. The molecule has 1 aromatic carbocycles. The Labute approximate surface area is 122 Å². The summed E-state index contributed by atoms with van der Waals surface area (Å²) >= 11 is 5.69. The van der Waals surface area contributed by atoms with Crippen LogP contribution in [0, 0.1) is 20.2 Å². The quantitative estimate of drug-likeness (QED) is 0.485. The molecule has 10 nitrogen and oxygen atoms in total. The molecule has 0 aliphatic carbocycles. The number of aromatic nitrogens is 2. The Hall–Kier alpha value is -2.72. The van der Waals surface area contributed by atoms with E-state index in [2.05, 4.69) is 10.5 Å². The molecule has 11 heteroatoms. The number of non-ortho nitro benzene ring substituents is 1. The molecule has 2 aromatic rings. The van der Waals surface area contributed by atoms with Crippen LogP contribution in [0.25, 0.3) is 0 Å². The van der Waals surface area contributed by atoms with Crippen molar-refractivity contribution in [3.05, 3.63) is 55.2 Å². The number of nitrogens with zero attached hydrogens (tertiary/aromatic N) is 4. The summed E-state index contributed by atoms with van der Waals surface area (Å²) in [6.45, 7) is 0.0365. The van der Waals surface area contributed by atoms with Crippen LogP contribution in [0.4, 0.5) is 17.2 Å². The lowest BCUT2D eigenvalue weighted by atomic mass is 10.1. The second kappa shape index (κ2) is 5.73. The van der Waals surface area contributed by atoms with E-state index in [0.717, 1.165) is 0 Å². The molecular weight excluding hydrogens is 304 g/mol. The van der Waals surface area contributed by atoms with E-state index in [1.54, 1.807) is 0 Å². The molecule has 0 fully saturated rings. The Morgan fingerprint density at radius 2 is 2.05 bits per heavy atom. The van der Waals surface area contributed by atoms with Crippen LogP contribution in [-0.4, -0.2) is 19.6 Å². The molecule has 0 spiro atoms. The number of nitro groups is 2. The minimum absolute atomic E-state index is 0.0365. The lowest BCUT2D eigenvalue weighted by Crippen LogP contribution is -2.11. The van der Waals surface area contributed by atoms with Crippen LogP contribution in [0.2, 0.25) is 5.02 Å². The van der Waals surface area contributed by atoms with Gasteiger partial charge in [-0.05, 0) is 11.0 Å². The van der Waals surface area contributed by atoms with Crippen LogP contribution in [0.15, 0.2) is 24.4 Å². The third-order valence-corrected chi connectivity index (χ3v) is 2.93. The van der Waals surface area contributed by atoms with Gasteiger partial charge in [0, 0.05) is 17.7 Å². The molecule has 0 aliphatic heterocycles. The molecule has 1 heterocycles. The van der Waals surface area contributed by atoms with Crippen LogP contribution in [0.1, 0.15) is 5.56 Å². The normalized spacial score (nSPS) is 10.4. The number of rotatable bonds is 5. The van der Waals surface area contributed by atoms with E-state index in [1.165, 1.54) is 29.1 Å². The number of benzene rings is 1. The van der Waals surface area contributed by atoms with Crippen LogP contribution >= 0.6 is 11.6 Å². The fraction of sp³-hybridized carbons (Fsp3) is 0.100. The van der Waals surface area contributed by atoms with Gasteiger partial charge in [0.2, 0.25) is 0 Å². The molecule has 1 aromatic heterocycles. The van der Waals surface area contributed by atoms with Gasteiger partial charge in [0.15, 0.2) is 5.02 Å². The van der Waals surface area contributed by atoms with Crippen molar-refractivity contribution in [3.8, 4) is 0 Å². The van der Waals surface area contributed by atoms with Gasteiger partial charge < -0.3 is 15.5 Å². The fourth-order valence-corrected chi connectivity index (χ4v) is 1.95. The molecule has 2 rings (SSSR count). The standard InChI is InChI=1S/C10H9ClN6O4/c11-8-5-15(14-10(8)17(20)21)4-6-3-7(16(18)19)1-2-9(6)13-12/h1-3,5,13H,4,12H2. The zero-order valence-corrected chi connectivity index (χ0v) is 11.1. The first kappa shape index (κ1) is 14.7. The number of nitrogens with one attached hydrogen (secondary N) is 1. The number of nitrogens with two attached hydrogens (primary N) is 1. The van der Waals surface area contributed by atoms with Crippen molar-refractivity contribution < 1.29 is 9.85 Å². The van der Waals surface area contributed by atoms with Crippen molar-refractivity contribution in [2.45, 2.75) is 6.54 Å². The third kappa shape index (κ3) is 3.07. The summed E-state index contributed by atoms with van der Waals surface area (Å²) in [5.74, 6) is 4.85. The van der Waals surface area contributed by atoms with Gasteiger partial charge in [0.25, 0.3) is 5.69 Å². The van der Waals surface area contributed by atoms with Crippen molar-refractivity contribution in [2.75, 3.05) is 5.43 Å². The summed E-state index contributed by atoms with van der Waals surface area (Å²) in [7, 11) is 0. The summed E-state index contributed by atoms with van der Waals surface area (Å²) in [6, 6.07) is 4.03. The first-order valence-corrected chi connectivity index (χ1v) is 5.91. The Kier molecular flexibility index (Phi) is 4.00. The first-order valence-electron chi connectivity index (χ1n) is 5.53. The number of halogens is 1. The number of nitro benzene ring substituents is 1. The largest absolute Gasteiger partial charge is 0.408 e. The topological polar surface area (TPSA) is 142 Å². The maximum atomic E-state index is 10.8. The number of hydrogen-bond donors (Lipinski definition) is 2. The molecular formula is C10H9ClN6O4. The summed E-state index contributed by atoms with van der Waals surface area (Å²) in [5.41, 5.74) is 3.15. The molecule has 0 amide bonds. The highest BCUT2D eigenvalue weighted by atomic mass is 35.5. The highest BCUT2D eigenvalue weighted by molar-refractivity contribution is 6.32.